The van der Waals surface area contributed by atoms with E-state index in [9.17, 15) is 4.21 Å². The van der Waals surface area contributed by atoms with Gasteiger partial charge in [0.2, 0.25) is 0 Å². The van der Waals surface area contributed by atoms with Crippen LogP contribution in [0.5, 0.6) is 0 Å². The van der Waals surface area contributed by atoms with Crippen LogP contribution in [-0.4, -0.2) is 13.9 Å². The lowest BCUT2D eigenvalue weighted by Crippen LogP contribution is -2.22. The van der Waals surface area contributed by atoms with Crippen molar-refractivity contribution in [2.45, 2.75) is 32.4 Å². The Balaban J connectivity index is 2.56. The quantitative estimate of drug-likeness (QED) is 0.402. The van der Waals surface area contributed by atoms with E-state index >= 15 is 0 Å². The number of halogens is 2. The van der Waals surface area contributed by atoms with Crippen LogP contribution < -0.4 is 5.36 Å². The van der Waals surface area contributed by atoms with Crippen molar-refractivity contribution in [3.8, 4) is 0 Å². The number of nitrogens with zero attached hydrogens (tertiary/aromatic N) is 2. The fourth-order valence-electron chi connectivity index (χ4n) is 2.28. The van der Waals surface area contributed by atoms with E-state index in [2.05, 4.69) is 25.3 Å². The third-order valence-electron chi connectivity index (χ3n) is 3.47. The summed E-state index contributed by atoms with van der Waals surface area (Å²) in [6, 6.07) is 7.35. The van der Waals surface area contributed by atoms with Crippen LogP contribution in [0, 0.1) is 6.92 Å². The molecule has 0 fully saturated rings. The normalized spacial score (nSPS) is 14.5. The Morgan fingerprint density at radius 1 is 1.25 bits per heavy atom. The zero-order valence-electron chi connectivity index (χ0n) is 13.7. The smallest absolute Gasteiger partial charge is 0.158 e. The third-order valence-corrected chi connectivity index (χ3v) is 5.56. The zero-order valence-corrected chi connectivity index (χ0v) is 16.8. The average Bonchev–Trinajstić information content (AvgIpc) is 2.47. The number of hydrogen-bond acceptors (Lipinski definition) is 3. The van der Waals surface area contributed by atoms with Gasteiger partial charge in [-0.05, 0) is 52.0 Å². The molecular weight excluding hydrogens is 412 g/mol. The van der Waals surface area contributed by atoms with Gasteiger partial charge in [-0.15, -0.1) is 0 Å². The van der Waals surface area contributed by atoms with E-state index in [1.807, 2.05) is 45.9 Å². The standard InChI is InChI=1S/C17H16BrClN2O2S/c1-9-16-12(8-14(19)20-9)15(21-24(22)17(2,3)4)11-7-10(18)5-6-13(11)23-16/h5-8H,1-4H3. The summed E-state index contributed by atoms with van der Waals surface area (Å²) in [5.41, 5.74) is 1.92. The highest BCUT2D eigenvalue weighted by Gasteiger charge is 2.20. The maximum atomic E-state index is 12.6. The maximum absolute atomic E-state index is 12.6. The Morgan fingerprint density at radius 3 is 2.62 bits per heavy atom. The molecule has 0 aliphatic rings. The monoisotopic (exact) mass is 426 g/mol. The van der Waals surface area contributed by atoms with Crippen LogP contribution in [0.1, 0.15) is 26.5 Å². The Morgan fingerprint density at radius 2 is 1.96 bits per heavy atom. The minimum atomic E-state index is -1.42. The van der Waals surface area contributed by atoms with Gasteiger partial charge in [0, 0.05) is 15.2 Å². The highest BCUT2D eigenvalue weighted by Crippen LogP contribution is 2.25. The molecule has 0 amide bonds. The number of hydrogen-bond donors (Lipinski definition) is 0. The summed E-state index contributed by atoms with van der Waals surface area (Å²) in [5.74, 6) is 0. The molecule has 2 heterocycles. The summed E-state index contributed by atoms with van der Waals surface area (Å²) < 4.78 is 23.6. The van der Waals surface area contributed by atoms with Gasteiger partial charge in [-0.1, -0.05) is 27.5 Å². The Labute approximate surface area is 155 Å². The molecule has 0 aliphatic carbocycles. The Hall–Kier alpha value is -1.24. The van der Waals surface area contributed by atoms with E-state index in [4.69, 9.17) is 16.0 Å². The first kappa shape index (κ1) is 17.6. The highest BCUT2D eigenvalue weighted by atomic mass is 79.9. The van der Waals surface area contributed by atoms with Crippen molar-refractivity contribution >= 4 is 60.5 Å². The van der Waals surface area contributed by atoms with Crippen LogP contribution in [0.25, 0.3) is 21.9 Å². The van der Waals surface area contributed by atoms with E-state index in [1.165, 1.54) is 0 Å². The lowest BCUT2D eigenvalue weighted by atomic mass is 10.1. The SMILES string of the molecule is Cc1nc(Cl)cc2c(=NS(=O)C(C)(C)C)c3cc(Br)ccc3oc12. The molecule has 3 aromatic rings. The topological polar surface area (TPSA) is 55.5 Å². The van der Waals surface area contributed by atoms with Crippen molar-refractivity contribution in [3.05, 3.63) is 44.9 Å². The second-order valence-corrected chi connectivity index (χ2v) is 9.66. The van der Waals surface area contributed by atoms with Crippen molar-refractivity contribution in [3.63, 3.8) is 0 Å². The fraction of sp³-hybridized carbons (Fsp3) is 0.294. The molecule has 3 rings (SSSR count). The summed E-state index contributed by atoms with van der Waals surface area (Å²) >= 11 is 9.59. The van der Waals surface area contributed by atoms with Gasteiger partial charge in [-0.2, -0.15) is 4.40 Å². The molecule has 0 saturated heterocycles. The lowest BCUT2D eigenvalue weighted by Gasteiger charge is -2.14. The van der Waals surface area contributed by atoms with Crippen LogP contribution >= 0.6 is 27.5 Å². The Bertz CT molecular complexity index is 1050. The number of benzene rings is 1. The van der Waals surface area contributed by atoms with Gasteiger partial charge < -0.3 is 4.42 Å². The minimum absolute atomic E-state index is 0.350. The molecule has 0 saturated carbocycles. The lowest BCUT2D eigenvalue weighted by molar-refractivity contribution is 0.648. The van der Waals surface area contributed by atoms with Crippen molar-refractivity contribution in [2.24, 2.45) is 4.40 Å². The highest BCUT2D eigenvalue weighted by molar-refractivity contribution is 9.10. The number of aromatic nitrogens is 1. The molecule has 0 aliphatic heterocycles. The molecule has 0 N–H and O–H groups in total. The van der Waals surface area contributed by atoms with Gasteiger partial charge in [0.25, 0.3) is 0 Å². The van der Waals surface area contributed by atoms with Gasteiger partial charge in [0.15, 0.2) is 5.58 Å². The van der Waals surface area contributed by atoms with Crippen molar-refractivity contribution in [2.75, 3.05) is 0 Å². The largest absolute Gasteiger partial charge is 0.454 e. The number of fused-ring (bicyclic) bond motifs is 2. The predicted octanol–water partition coefficient (Wildman–Crippen LogP) is 5.07. The molecular formula is C17H16BrClN2O2S. The number of pyridine rings is 1. The Kier molecular flexibility index (Phi) is 4.57. The van der Waals surface area contributed by atoms with Crippen LogP contribution in [0.15, 0.2) is 37.6 Å². The first-order chi connectivity index (χ1) is 11.2. The molecule has 2 aromatic heterocycles. The second-order valence-electron chi connectivity index (χ2n) is 6.45. The molecule has 0 radical (unpaired) electrons. The minimum Gasteiger partial charge on any atom is -0.454 e. The van der Waals surface area contributed by atoms with Gasteiger partial charge in [-0.3, -0.25) is 0 Å². The van der Waals surface area contributed by atoms with Gasteiger partial charge >= 0.3 is 0 Å². The summed E-state index contributed by atoms with van der Waals surface area (Å²) in [6.45, 7) is 7.49. The molecule has 1 unspecified atom stereocenters. The third kappa shape index (κ3) is 3.27. The molecule has 7 heteroatoms. The maximum Gasteiger partial charge on any atom is 0.158 e. The van der Waals surface area contributed by atoms with Gasteiger partial charge in [-0.25, -0.2) is 9.19 Å². The summed E-state index contributed by atoms with van der Waals surface area (Å²) in [5, 5.41) is 2.43. The summed E-state index contributed by atoms with van der Waals surface area (Å²) in [4.78, 5) is 4.24. The fourth-order valence-corrected chi connectivity index (χ4v) is 3.51. The molecule has 0 spiro atoms. The van der Waals surface area contributed by atoms with E-state index in [0.29, 0.717) is 32.8 Å². The van der Waals surface area contributed by atoms with E-state index in [1.54, 1.807) is 6.07 Å². The second kappa shape index (κ2) is 6.24. The van der Waals surface area contributed by atoms with Gasteiger partial charge in [0.1, 0.15) is 21.7 Å². The molecule has 126 valence electrons. The van der Waals surface area contributed by atoms with E-state index in [-0.39, 0.29) is 0 Å². The first-order valence-electron chi connectivity index (χ1n) is 7.33. The predicted molar refractivity (Wildman–Crippen MR) is 102 cm³/mol. The van der Waals surface area contributed by atoms with Crippen LogP contribution in [0.2, 0.25) is 5.15 Å². The van der Waals surface area contributed by atoms with Crippen molar-refractivity contribution in [1.82, 2.24) is 4.98 Å². The zero-order chi connectivity index (χ0) is 17.6. The summed E-state index contributed by atoms with van der Waals surface area (Å²) in [7, 11) is -1.42. The molecule has 4 nitrogen and oxygen atoms in total. The number of rotatable bonds is 1. The molecule has 0 bridgehead atoms. The molecule has 1 atom stereocenters. The first-order valence-corrected chi connectivity index (χ1v) is 9.60. The van der Waals surface area contributed by atoms with Crippen LogP contribution in [0.4, 0.5) is 0 Å². The average molecular weight is 428 g/mol. The molecule has 1 aromatic carbocycles. The number of aryl methyl sites for hydroxylation is 1. The van der Waals surface area contributed by atoms with Crippen LogP contribution in [-0.2, 0) is 11.0 Å². The van der Waals surface area contributed by atoms with Gasteiger partial charge in [0.05, 0.1) is 15.8 Å². The molecule has 24 heavy (non-hydrogen) atoms. The van der Waals surface area contributed by atoms with Crippen molar-refractivity contribution < 1.29 is 8.63 Å². The van der Waals surface area contributed by atoms with Crippen molar-refractivity contribution in [1.29, 1.82) is 0 Å². The van der Waals surface area contributed by atoms with E-state index < -0.39 is 15.7 Å². The summed E-state index contributed by atoms with van der Waals surface area (Å²) in [6.07, 6.45) is 0. The van der Waals surface area contributed by atoms with E-state index in [0.717, 1.165) is 9.86 Å². The van der Waals surface area contributed by atoms with Crippen LogP contribution in [0.3, 0.4) is 0 Å².